The molecule has 0 unspecified atom stereocenters. The highest BCUT2D eigenvalue weighted by Crippen LogP contribution is 2.23. The second-order valence-corrected chi connectivity index (χ2v) is 12.5. The van der Waals surface area contributed by atoms with E-state index in [1.165, 1.54) is 16.4 Å². The fraction of sp³-hybridized carbons (Fsp3) is 0.458. The molecule has 1 aliphatic rings. The Morgan fingerprint density at radius 2 is 1.63 bits per heavy atom. The number of benzene rings is 2. The summed E-state index contributed by atoms with van der Waals surface area (Å²) in [5, 5.41) is 2.66. The number of carbonyl (C=O) groups is 1. The van der Waals surface area contributed by atoms with Crippen LogP contribution in [0.4, 0.5) is 5.69 Å². The van der Waals surface area contributed by atoms with Crippen molar-refractivity contribution >= 4 is 31.6 Å². The Balaban J connectivity index is 1.50. The van der Waals surface area contributed by atoms with Crippen LogP contribution in [0.15, 0.2) is 47.4 Å². The van der Waals surface area contributed by atoms with Gasteiger partial charge in [-0.3, -0.25) is 9.10 Å². The highest BCUT2D eigenvalue weighted by molar-refractivity contribution is 7.92. The first-order valence-electron chi connectivity index (χ1n) is 11.5. The van der Waals surface area contributed by atoms with Crippen molar-refractivity contribution in [1.29, 1.82) is 0 Å². The molecule has 1 aliphatic heterocycles. The standard InChI is InChI=1S/C24H33N3O6S2/c1-19-7-8-21(17-20(19)2)27(34(3,29)30)18-24(28)25-13-16-33-22-9-11-23(12-10-22)35(31,32)26-14-5-4-6-15-26/h7-12,17H,4-6,13-16,18H2,1-3H3,(H,25,28). The van der Waals surface area contributed by atoms with Gasteiger partial charge >= 0.3 is 0 Å². The highest BCUT2D eigenvalue weighted by atomic mass is 32.2. The topological polar surface area (TPSA) is 113 Å². The van der Waals surface area contributed by atoms with Gasteiger partial charge in [0, 0.05) is 13.1 Å². The summed E-state index contributed by atoms with van der Waals surface area (Å²) in [5.74, 6) is 0.0185. The number of amides is 1. The van der Waals surface area contributed by atoms with E-state index >= 15 is 0 Å². The number of carbonyl (C=O) groups excluding carboxylic acids is 1. The van der Waals surface area contributed by atoms with Crippen LogP contribution in [0.2, 0.25) is 0 Å². The number of piperidine rings is 1. The summed E-state index contributed by atoms with van der Waals surface area (Å²) in [4.78, 5) is 12.6. The number of ether oxygens (including phenoxy) is 1. The normalized spacial score (nSPS) is 14.9. The summed E-state index contributed by atoms with van der Waals surface area (Å²) in [6.07, 6.45) is 3.86. The average Bonchev–Trinajstić information content (AvgIpc) is 2.82. The number of anilines is 1. The van der Waals surface area contributed by atoms with Crippen molar-refractivity contribution < 1.29 is 26.4 Å². The van der Waals surface area contributed by atoms with Gasteiger partial charge in [-0.05, 0) is 74.2 Å². The number of sulfonamides is 2. The first-order valence-corrected chi connectivity index (χ1v) is 14.8. The lowest BCUT2D eigenvalue weighted by atomic mass is 10.1. The molecule has 0 bridgehead atoms. The maximum Gasteiger partial charge on any atom is 0.243 e. The zero-order chi connectivity index (χ0) is 25.6. The molecule has 192 valence electrons. The molecule has 2 aromatic carbocycles. The summed E-state index contributed by atoms with van der Waals surface area (Å²) < 4.78 is 58.1. The highest BCUT2D eigenvalue weighted by Gasteiger charge is 2.26. The molecule has 3 rings (SSSR count). The fourth-order valence-electron chi connectivity index (χ4n) is 3.79. The van der Waals surface area contributed by atoms with E-state index in [2.05, 4.69) is 5.32 Å². The molecule has 11 heteroatoms. The van der Waals surface area contributed by atoms with Crippen molar-refractivity contribution in [2.24, 2.45) is 0 Å². The van der Waals surface area contributed by atoms with E-state index < -0.39 is 26.0 Å². The number of hydrogen-bond acceptors (Lipinski definition) is 6. The van der Waals surface area contributed by atoms with Crippen molar-refractivity contribution in [2.75, 3.05) is 43.3 Å². The fourth-order valence-corrected chi connectivity index (χ4v) is 6.15. The van der Waals surface area contributed by atoms with Crippen LogP contribution in [0.5, 0.6) is 5.75 Å². The molecule has 0 radical (unpaired) electrons. The van der Waals surface area contributed by atoms with Crippen LogP contribution in [0.25, 0.3) is 0 Å². The molecule has 0 atom stereocenters. The molecule has 9 nitrogen and oxygen atoms in total. The molecule has 0 saturated carbocycles. The van der Waals surface area contributed by atoms with Crippen LogP contribution in [0, 0.1) is 13.8 Å². The van der Waals surface area contributed by atoms with Crippen molar-refractivity contribution in [1.82, 2.24) is 9.62 Å². The third-order valence-electron chi connectivity index (χ3n) is 5.94. The summed E-state index contributed by atoms with van der Waals surface area (Å²) in [7, 11) is -7.15. The lowest BCUT2D eigenvalue weighted by Gasteiger charge is -2.25. The largest absolute Gasteiger partial charge is 0.492 e. The predicted molar refractivity (Wildman–Crippen MR) is 136 cm³/mol. The molecule has 1 N–H and O–H groups in total. The SMILES string of the molecule is Cc1ccc(N(CC(=O)NCCOc2ccc(S(=O)(=O)N3CCCCC3)cc2)S(C)(=O)=O)cc1C. The van der Waals surface area contributed by atoms with Crippen LogP contribution in [-0.2, 0) is 24.8 Å². The average molecular weight is 524 g/mol. The Labute approximate surface area is 208 Å². The second-order valence-electron chi connectivity index (χ2n) is 8.67. The van der Waals surface area contributed by atoms with Gasteiger partial charge in [0.25, 0.3) is 0 Å². The molecule has 35 heavy (non-hydrogen) atoms. The third-order valence-corrected chi connectivity index (χ3v) is 8.99. The predicted octanol–water partition coefficient (Wildman–Crippen LogP) is 2.44. The molecule has 1 amide bonds. The van der Waals surface area contributed by atoms with Gasteiger partial charge < -0.3 is 10.1 Å². The van der Waals surface area contributed by atoms with Crippen LogP contribution in [-0.4, -0.2) is 66.1 Å². The second kappa shape index (κ2) is 11.4. The first kappa shape index (κ1) is 27.0. The molecule has 0 aromatic heterocycles. The van der Waals surface area contributed by atoms with Crippen LogP contribution in [0.1, 0.15) is 30.4 Å². The minimum atomic E-state index is -3.65. The molecule has 1 heterocycles. The van der Waals surface area contributed by atoms with Gasteiger partial charge in [-0.1, -0.05) is 12.5 Å². The van der Waals surface area contributed by atoms with Gasteiger partial charge in [-0.15, -0.1) is 0 Å². The van der Waals surface area contributed by atoms with Crippen molar-refractivity contribution in [3.63, 3.8) is 0 Å². The number of hydrogen-bond donors (Lipinski definition) is 1. The molecule has 0 aliphatic carbocycles. The van der Waals surface area contributed by atoms with Crippen molar-refractivity contribution in [3.8, 4) is 5.75 Å². The van der Waals surface area contributed by atoms with Gasteiger partial charge in [0.15, 0.2) is 0 Å². The van der Waals surface area contributed by atoms with E-state index in [-0.39, 0.29) is 24.6 Å². The van der Waals surface area contributed by atoms with E-state index in [0.717, 1.165) is 41.0 Å². The molecule has 1 fully saturated rings. The van der Waals surface area contributed by atoms with Crippen LogP contribution in [0.3, 0.4) is 0 Å². The third kappa shape index (κ3) is 7.18. The number of nitrogens with one attached hydrogen (secondary N) is 1. The minimum absolute atomic E-state index is 0.145. The maximum atomic E-state index is 12.7. The number of aryl methyl sites for hydroxylation is 2. The monoisotopic (exact) mass is 523 g/mol. The minimum Gasteiger partial charge on any atom is -0.492 e. The Bertz CT molecular complexity index is 1240. The summed E-state index contributed by atoms with van der Waals surface area (Å²) in [6.45, 7) is 4.86. The summed E-state index contributed by atoms with van der Waals surface area (Å²) >= 11 is 0. The Hall–Kier alpha value is -2.63. The Morgan fingerprint density at radius 3 is 2.23 bits per heavy atom. The van der Waals surface area contributed by atoms with E-state index in [1.807, 2.05) is 19.9 Å². The van der Waals surface area contributed by atoms with E-state index in [4.69, 9.17) is 4.74 Å². The molecular weight excluding hydrogens is 490 g/mol. The lowest BCUT2D eigenvalue weighted by Crippen LogP contribution is -2.41. The number of nitrogens with zero attached hydrogens (tertiary/aromatic N) is 2. The zero-order valence-electron chi connectivity index (χ0n) is 20.4. The van der Waals surface area contributed by atoms with Crippen LogP contribution < -0.4 is 14.4 Å². The van der Waals surface area contributed by atoms with Gasteiger partial charge in [0.2, 0.25) is 26.0 Å². The summed E-state index contributed by atoms with van der Waals surface area (Å²) in [5.41, 5.74) is 2.39. The van der Waals surface area contributed by atoms with Gasteiger partial charge in [-0.2, -0.15) is 4.31 Å². The molecule has 1 saturated heterocycles. The summed E-state index contributed by atoms with van der Waals surface area (Å²) in [6, 6.07) is 11.4. The van der Waals surface area contributed by atoms with E-state index in [9.17, 15) is 21.6 Å². The molecule has 2 aromatic rings. The van der Waals surface area contributed by atoms with Crippen LogP contribution >= 0.6 is 0 Å². The first-order chi connectivity index (χ1) is 16.5. The zero-order valence-corrected chi connectivity index (χ0v) is 22.0. The Morgan fingerprint density at radius 1 is 0.971 bits per heavy atom. The van der Waals surface area contributed by atoms with Gasteiger partial charge in [0.05, 0.1) is 23.4 Å². The van der Waals surface area contributed by atoms with Gasteiger partial charge in [-0.25, -0.2) is 16.8 Å². The van der Waals surface area contributed by atoms with Crippen molar-refractivity contribution in [3.05, 3.63) is 53.6 Å². The van der Waals surface area contributed by atoms with E-state index in [0.29, 0.717) is 24.5 Å². The van der Waals surface area contributed by atoms with Gasteiger partial charge in [0.1, 0.15) is 18.9 Å². The molecular formula is C24H33N3O6S2. The lowest BCUT2D eigenvalue weighted by molar-refractivity contribution is -0.119. The smallest absolute Gasteiger partial charge is 0.243 e. The quantitative estimate of drug-likeness (QED) is 0.479. The van der Waals surface area contributed by atoms with E-state index in [1.54, 1.807) is 24.3 Å². The van der Waals surface area contributed by atoms with Crippen molar-refractivity contribution in [2.45, 2.75) is 38.0 Å². The molecule has 0 spiro atoms. The maximum absolute atomic E-state index is 12.7. The number of rotatable bonds is 10. The Kier molecular flexibility index (Phi) is 8.79.